The molecular formula is C8H12N4O2S. The van der Waals surface area contributed by atoms with Gasteiger partial charge in [-0.15, -0.1) is 10.2 Å². The number of aromatic nitrogens is 2. The predicted octanol–water partition coefficient (Wildman–Crippen LogP) is 0.311. The number of hydrogen-bond acceptors (Lipinski definition) is 5. The minimum atomic E-state index is -0.709. The van der Waals surface area contributed by atoms with Crippen molar-refractivity contribution in [2.24, 2.45) is 0 Å². The van der Waals surface area contributed by atoms with Crippen LogP contribution in [0.3, 0.4) is 0 Å². The van der Waals surface area contributed by atoms with Crippen LogP contribution in [-0.2, 0) is 9.59 Å². The zero-order valence-electron chi connectivity index (χ0n) is 8.53. The van der Waals surface area contributed by atoms with Crippen LogP contribution in [0.4, 0.5) is 5.13 Å². The van der Waals surface area contributed by atoms with E-state index in [1.807, 2.05) is 6.92 Å². The first-order chi connectivity index (χ1) is 7.13. The fourth-order valence-electron chi connectivity index (χ4n) is 0.820. The van der Waals surface area contributed by atoms with Crippen molar-refractivity contribution in [1.82, 2.24) is 15.5 Å². The highest BCUT2D eigenvalue weighted by atomic mass is 32.1. The minimum Gasteiger partial charge on any atom is -0.348 e. The van der Waals surface area contributed by atoms with Crippen LogP contribution in [0, 0.1) is 6.92 Å². The molecule has 0 atom stereocenters. The summed E-state index contributed by atoms with van der Waals surface area (Å²) in [6.45, 7) is 4.16. The average molecular weight is 228 g/mol. The molecular weight excluding hydrogens is 216 g/mol. The molecule has 82 valence electrons. The van der Waals surface area contributed by atoms with Gasteiger partial charge in [-0.25, -0.2) is 0 Å². The molecule has 15 heavy (non-hydrogen) atoms. The van der Waals surface area contributed by atoms with E-state index in [4.69, 9.17) is 0 Å². The van der Waals surface area contributed by atoms with Gasteiger partial charge in [0.2, 0.25) is 5.13 Å². The van der Waals surface area contributed by atoms with Crippen LogP contribution < -0.4 is 10.6 Å². The van der Waals surface area contributed by atoms with E-state index in [-0.39, 0.29) is 0 Å². The second kappa shape index (κ2) is 5.40. The number of nitrogens with one attached hydrogen (secondary N) is 2. The fraction of sp³-hybridized carbons (Fsp3) is 0.500. The number of aryl methyl sites for hydroxylation is 1. The molecule has 1 aromatic rings. The summed E-state index contributed by atoms with van der Waals surface area (Å²) in [5, 5.41) is 13.3. The summed E-state index contributed by atoms with van der Waals surface area (Å²) in [6.07, 6.45) is 0.789. The maximum Gasteiger partial charge on any atom is 0.315 e. The molecule has 0 aliphatic carbocycles. The third-order valence-electron chi connectivity index (χ3n) is 1.49. The highest BCUT2D eigenvalue weighted by Gasteiger charge is 2.14. The molecule has 0 unspecified atom stereocenters. The topological polar surface area (TPSA) is 84.0 Å². The third kappa shape index (κ3) is 3.62. The molecule has 2 N–H and O–H groups in total. The molecule has 0 aromatic carbocycles. The van der Waals surface area contributed by atoms with Crippen LogP contribution >= 0.6 is 11.3 Å². The molecule has 1 rings (SSSR count). The Morgan fingerprint density at radius 2 is 2.07 bits per heavy atom. The number of amides is 2. The molecule has 0 aliphatic heterocycles. The van der Waals surface area contributed by atoms with Crippen LogP contribution in [-0.4, -0.2) is 28.6 Å². The van der Waals surface area contributed by atoms with Gasteiger partial charge in [0.05, 0.1) is 0 Å². The van der Waals surface area contributed by atoms with E-state index >= 15 is 0 Å². The van der Waals surface area contributed by atoms with Crippen LogP contribution in [0.2, 0.25) is 0 Å². The minimum absolute atomic E-state index is 0.337. The summed E-state index contributed by atoms with van der Waals surface area (Å²) in [4.78, 5) is 22.4. The Labute approximate surface area is 91.1 Å². The van der Waals surface area contributed by atoms with Crippen molar-refractivity contribution in [2.75, 3.05) is 11.9 Å². The monoisotopic (exact) mass is 228 g/mol. The van der Waals surface area contributed by atoms with Gasteiger partial charge in [-0.1, -0.05) is 18.3 Å². The third-order valence-corrected chi connectivity index (χ3v) is 2.24. The van der Waals surface area contributed by atoms with Crippen molar-refractivity contribution >= 4 is 28.3 Å². The Bertz CT molecular complexity index is 363. The summed E-state index contributed by atoms with van der Waals surface area (Å²) >= 11 is 1.22. The molecule has 0 radical (unpaired) electrons. The summed E-state index contributed by atoms with van der Waals surface area (Å²) in [6, 6.07) is 0. The first kappa shape index (κ1) is 11.6. The van der Waals surface area contributed by atoms with Gasteiger partial charge in [-0.05, 0) is 13.3 Å². The molecule has 7 heteroatoms. The number of rotatable bonds is 3. The summed E-state index contributed by atoms with van der Waals surface area (Å²) < 4.78 is 0. The molecule has 1 heterocycles. The van der Waals surface area contributed by atoms with Gasteiger partial charge >= 0.3 is 11.8 Å². The fourth-order valence-corrected chi connectivity index (χ4v) is 1.41. The average Bonchev–Trinajstić information content (AvgIpc) is 2.60. The van der Waals surface area contributed by atoms with Crippen LogP contribution in [0.25, 0.3) is 0 Å². The van der Waals surface area contributed by atoms with Gasteiger partial charge in [-0.2, -0.15) is 0 Å². The number of anilines is 1. The van der Waals surface area contributed by atoms with Gasteiger partial charge in [0.25, 0.3) is 0 Å². The number of carbonyl (C=O) groups excluding carboxylic acids is 2. The van der Waals surface area contributed by atoms with Gasteiger partial charge in [0.15, 0.2) is 0 Å². The van der Waals surface area contributed by atoms with Crippen LogP contribution in [0.5, 0.6) is 0 Å². The van der Waals surface area contributed by atoms with Crippen molar-refractivity contribution in [3.8, 4) is 0 Å². The lowest BCUT2D eigenvalue weighted by Gasteiger charge is -2.01. The molecule has 1 aromatic heterocycles. The van der Waals surface area contributed by atoms with Crippen molar-refractivity contribution in [3.63, 3.8) is 0 Å². The predicted molar refractivity (Wildman–Crippen MR) is 56.6 cm³/mol. The lowest BCUT2D eigenvalue weighted by atomic mass is 10.4. The number of carbonyl (C=O) groups is 2. The van der Waals surface area contributed by atoms with E-state index in [1.54, 1.807) is 6.92 Å². The Hall–Kier alpha value is -1.50. The summed E-state index contributed by atoms with van der Waals surface area (Å²) in [5.41, 5.74) is 0. The highest BCUT2D eigenvalue weighted by Crippen LogP contribution is 2.12. The number of nitrogens with zero attached hydrogens (tertiary/aromatic N) is 2. The quantitative estimate of drug-likeness (QED) is 0.729. The van der Waals surface area contributed by atoms with Crippen molar-refractivity contribution in [2.45, 2.75) is 20.3 Å². The summed E-state index contributed by atoms with van der Waals surface area (Å²) in [7, 11) is 0. The van der Waals surface area contributed by atoms with E-state index in [9.17, 15) is 9.59 Å². The van der Waals surface area contributed by atoms with Gasteiger partial charge in [-0.3, -0.25) is 14.9 Å². The highest BCUT2D eigenvalue weighted by molar-refractivity contribution is 7.15. The second-order valence-corrected chi connectivity index (χ2v) is 4.02. The first-order valence-corrected chi connectivity index (χ1v) is 5.34. The largest absolute Gasteiger partial charge is 0.348 e. The molecule has 0 saturated carbocycles. The van der Waals surface area contributed by atoms with Crippen LogP contribution in [0.1, 0.15) is 18.4 Å². The Balaban J connectivity index is 2.45. The first-order valence-electron chi connectivity index (χ1n) is 4.52. The SMILES string of the molecule is CCCNC(=O)C(=O)Nc1nnc(C)s1. The Morgan fingerprint density at radius 1 is 1.33 bits per heavy atom. The zero-order chi connectivity index (χ0) is 11.3. The van der Waals surface area contributed by atoms with Crippen molar-refractivity contribution in [1.29, 1.82) is 0 Å². The molecule has 0 bridgehead atoms. The second-order valence-electron chi connectivity index (χ2n) is 2.84. The van der Waals surface area contributed by atoms with E-state index in [1.165, 1.54) is 11.3 Å². The van der Waals surface area contributed by atoms with Gasteiger partial charge in [0.1, 0.15) is 5.01 Å². The van der Waals surface area contributed by atoms with Gasteiger partial charge in [0, 0.05) is 6.54 Å². The van der Waals surface area contributed by atoms with E-state index in [0.717, 1.165) is 11.4 Å². The molecule has 0 spiro atoms. The zero-order valence-corrected chi connectivity index (χ0v) is 9.35. The molecule has 0 saturated heterocycles. The molecule has 0 aliphatic rings. The molecule has 0 fully saturated rings. The summed E-state index contributed by atoms with van der Waals surface area (Å²) in [5.74, 6) is -1.36. The smallest absolute Gasteiger partial charge is 0.315 e. The van der Waals surface area contributed by atoms with E-state index in [2.05, 4.69) is 20.8 Å². The van der Waals surface area contributed by atoms with E-state index in [0.29, 0.717) is 11.7 Å². The lowest BCUT2D eigenvalue weighted by molar-refractivity contribution is -0.136. The molecule has 6 nitrogen and oxygen atoms in total. The molecule has 2 amide bonds. The van der Waals surface area contributed by atoms with Crippen molar-refractivity contribution in [3.05, 3.63) is 5.01 Å². The lowest BCUT2D eigenvalue weighted by Crippen LogP contribution is -2.35. The Morgan fingerprint density at radius 3 is 2.60 bits per heavy atom. The van der Waals surface area contributed by atoms with Crippen molar-refractivity contribution < 1.29 is 9.59 Å². The standard InChI is InChI=1S/C8H12N4O2S/c1-3-4-9-6(13)7(14)10-8-12-11-5(2)15-8/h3-4H2,1-2H3,(H,9,13)(H,10,12,14). The normalized spacial score (nSPS) is 9.73. The number of hydrogen-bond donors (Lipinski definition) is 2. The Kier molecular flexibility index (Phi) is 4.17. The maximum absolute atomic E-state index is 11.2. The van der Waals surface area contributed by atoms with E-state index < -0.39 is 11.8 Å². The maximum atomic E-state index is 11.2. The van der Waals surface area contributed by atoms with Crippen LogP contribution in [0.15, 0.2) is 0 Å². The van der Waals surface area contributed by atoms with Gasteiger partial charge < -0.3 is 5.32 Å².